The molecule has 6 nitrogen and oxygen atoms in total. The fourth-order valence-electron chi connectivity index (χ4n) is 2.79. The molecule has 30 heavy (non-hydrogen) atoms. The van der Waals surface area contributed by atoms with E-state index in [4.69, 9.17) is 4.74 Å². The smallest absolute Gasteiger partial charge is 0.261 e. The first-order chi connectivity index (χ1) is 14.2. The lowest BCUT2D eigenvalue weighted by Gasteiger charge is -2.12. The van der Waals surface area contributed by atoms with Gasteiger partial charge in [-0.3, -0.25) is 9.52 Å². The number of carbonyl (C=O) groups excluding carboxylic acids is 1. The standard InChI is InChI=1S/C22H21BrN2O4S/c1-14-4-6-18(12-15(14)2)25-30(27,28)19-9-7-17(8-10-19)24-22(26)20-13-16(23)5-11-21(20)29-3/h4-13,25H,1-3H3,(H,24,26). The molecule has 0 saturated carbocycles. The van der Waals surface area contributed by atoms with Gasteiger partial charge in [0.05, 0.1) is 17.6 Å². The number of carbonyl (C=O) groups is 1. The first-order valence-electron chi connectivity index (χ1n) is 9.04. The fourth-order valence-corrected chi connectivity index (χ4v) is 4.20. The van der Waals surface area contributed by atoms with Crippen LogP contribution in [0.3, 0.4) is 0 Å². The molecule has 0 atom stereocenters. The molecule has 0 radical (unpaired) electrons. The van der Waals surface area contributed by atoms with E-state index in [1.54, 1.807) is 30.3 Å². The van der Waals surface area contributed by atoms with Gasteiger partial charge in [-0.05, 0) is 79.6 Å². The van der Waals surface area contributed by atoms with Crippen LogP contribution in [0.25, 0.3) is 0 Å². The van der Waals surface area contributed by atoms with Crippen LogP contribution in [0.4, 0.5) is 11.4 Å². The van der Waals surface area contributed by atoms with Crippen LogP contribution in [0.5, 0.6) is 5.75 Å². The molecule has 3 aromatic carbocycles. The number of hydrogen-bond acceptors (Lipinski definition) is 4. The molecule has 3 rings (SSSR count). The second-order valence-electron chi connectivity index (χ2n) is 6.73. The van der Waals surface area contributed by atoms with Crippen molar-refractivity contribution in [2.24, 2.45) is 0 Å². The molecule has 0 saturated heterocycles. The first-order valence-corrected chi connectivity index (χ1v) is 11.3. The minimum atomic E-state index is -3.75. The van der Waals surface area contributed by atoms with Gasteiger partial charge in [-0.25, -0.2) is 8.42 Å². The third-order valence-electron chi connectivity index (χ3n) is 4.59. The van der Waals surface area contributed by atoms with Gasteiger partial charge in [-0.1, -0.05) is 22.0 Å². The van der Waals surface area contributed by atoms with E-state index in [0.29, 0.717) is 22.7 Å². The van der Waals surface area contributed by atoms with E-state index in [1.165, 1.54) is 31.4 Å². The highest BCUT2D eigenvalue weighted by molar-refractivity contribution is 9.10. The summed E-state index contributed by atoms with van der Waals surface area (Å²) in [5, 5.41) is 2.75. The maximum Gasteiger partial charge on any atom is 0.261 e. The Morgan fingerprint density at radius 2 is 1.57 bits per heavy atom. The normalized spacial score (nSPS) is 11.1. The number of methoxy groups -OCH3 is 1. The Kier molecular flexibility index (Phi) is 6.48. The van der Waals surface area contributed by atoms with Gasteiger partial charge in [0, 0.05) is 15.8 Å². The predicted octanol–water partition coefficient (Wildman–Crippen LogP) is 5.13. The van der Waals surface area contributed by atoms with Gasteiger partial charge >= 0.3 is 0 Å². The molecule has 0 bridgehead atoms. The van der Waals surface area contributed by atoms with E-state index in [-0.39, 0.29) is 10.8 Å². The molecule has 3 aromatic rings. The highest BCUT2D eigenvalue weighted by Crippen LogP contribution is 2.25. The zero-order valence-corrected chi connectivity index (χ0v) is 19.1. The number of hydrogen-bond donors (Lipinski definition) is 2. The lowest BCUT2D eigenvalue weighted by atomic mass is 10.1. The summed E-state index contributed by atoms with van der Waals surface area (Å²) in [4.78, 5) is 12.7. The Morgan fingerprint density at radius 1 is 0.900 bits per heavy atom. The Balaban J connectivity index is 1.76. The molecule has 0 unspecified atom stereocenters. The van der Waals surface area contributed by atoms with Crippen LogP contribution in [0.15, 0.2) is 70.0 Å². The maximum atomic E-state index is 12.7. The highest BCUT2D eigenvalue weighted by atomic mass is 79.9. The number of halogens is 1. The summed E-state index contributed by atoms with van der Waals surface area (Å²) < 4.78 is 33.8. The topological polar surface area (TPSA) is 84.5 Å². The zero-order chi connectivity index (χ0) is 21.9. The average molecular weight is 489 g/mol. The molecule has 0 aliphatic rings. The minimum absolute atomic E-state index is 0.0961. The SMILES string of the molecule is COc1ccc(Br)cc1C(=O)Nc1ccc(S(=O)(=O)Nc2ccc(C)c(C)c2)cc1. The average Bonchev–Trinajstić information content (AvgIpc) is 2.71. The van der Waals surface area contributed by atoms with Crippen LogP contribution in [0.1, 0.15) is 21.5 Å². The minimum Gasteiger partial charge on any atom is -0.496 e. The predicted molar refractivity (Wildman–Crippen MR) is 122 cm³/mol. The quantitative estimate of drug-likeness (QED) is 0.503. The van der Waals surface area contributed by atoms with Gasteiger partial charge in [0.2, 0.25) is 0 Å². The summed E-state index contributed by atoms with van der Waals surface area (Å²) in [7, 11) is -2.26. The van der Waals surface area contributed by atoms with Crippen LogP contribution >= 0.6 is 15.9 Å². The number of anilines is 2. The van der Waals surface area contributed by atoms with Gasteiger partial charge in [0.25, 0.3) is 15.9 Å². The Hall–Kier alpha value is -2.84. The number of sulfonamides is 1. The maximum absolute atomic E-state index is 12.7. The molecule has 2 N–H and O–H groups in total. The number of ether oxygens (including phenoxy) is 1. The Morgan fingerprint density at radius 3 is 2.20 bits per heavy atom. The molecule has 8 heteroatoms. The van der Waals surface area contributed by atoms with Crippen LogP contribution in [-0.2, 0) is 10.0 Å². The lowest BCUT2D eigenvalue weighted by molar-refractivity contribution is 0.102. The second kappa shape index (κ2) is 8.89. The van der Waals surface area contributed by atoms with Gasteiger partial charge in [0.1, 0.15) is 5.75 Å². The van der Waals surface area contributed by atoms with Gasteiger partial charge < -0.3 is 10.1 Å². The first kappa shape index (κ1) is 21.9. The monoisotopic (exact) mass is 488 g/mol. The van der Waals surface area contributed by atoms with E-state index >= 15 is 0 Å². The van der Waals surface area contributed by atoms with Crippen molar-refractivity contribution in [1.82, 2.24) is 0 Å². The fraction of sp³-hybridized carbons (Fsp3) is 0.136. The molecular weight excluding hydrogens is 468 g/mol. The summed E-state index contributed by atoms with van der Waals surface area (Å²) in [6.07, 6.45) is 0. The Bertz CT molecular complexity index is 1190. The van der Waals surface area contributed by atoms with E-state index in [1.807, 2.05) is 19.9 Å². The van der Waals surface area contributed by atoms with Crippen molar-refractivity contribution >= 4 is 43.2 Å². The van der Waals surface area contributed by atoms with Crippen molar-refractivity contribution < 1.29 is 17.9 Å². The third kappa shape index (κ3) is 5.01. The molecule has 0 spiro atoms. The second-order valence-corrected chi connectivity index (χ2v) is 9.33. The number of nitrogens with one attached hydrogen (secondary N) is 2. The van der Waals surface area contributed by atoms with Crippen LogP contribution < -0.4 is 14.8 Å². The largest absolute Gasteiger partial charge is 0.496 e. The van der Waals surface area contributed by atoms with Crippen molar-refractivity contribution in [1.29, 1.82) is 0 Å². The van der Waals surface area contributed by atoms with Crippen LogP contribution in [0.2, 0.25) is 0 Å². The highest BCUT2D eigenvalue weighted by Gasteiger charge is 2.16. The lowest BCUT2D eigenvalue weighted by Crippen LogP contribution is -2.15. The van der Waals surface area contributed by atoms with Crippen LogP contribution in [-0.4, -0.2) is 21.4 Å². The summed E-state index contributed by atoms with van der Waals surface area (Å²) in [6, 6.07) is 16.4. The summed E-state index contributed by atoms with van der Waals surface area (Å²) in [5.74, 6) is 0.0736. The summed E-state index contributed by atoms with van der Waals surface area (Å²) >= 11 is 3.34. The Labute approximate surface area is 184 Å². The van der Waals surface area contributed by atoms with Crippen molar-refractivity contribution in [3.05, 3.63) is 81.8 Å². The van der Waals surface area contributed by atoms with E-state index in [2.05, 4.69) is 26.0 Å². The van der Waals surface area contributed by atoms with Crippen molar-refractivity contribution in [2.45, 2.75) is 18.7 Å². The molecule has 0 fully saturated rings. The molecule has 156 valence electrons. The third-order valence-corrected chi connectivity index (χ3v) is 6.48. The molecule has 0 heterocycles. The van der Waals surface area contributed by atoms with Crippen molar-refractivity contribution in [3.63, 3.8) is 0 Å². The van der Waals surface area contributed by atoms with Gasteiger partial charge in [-0.15, -0.1) is 0 Å². The summed E-state index contributed by atoms with van der Waals surface area (Å²) in [6.45, 7) is 3.88. The van der Waals surface area contributed by atoms with Crippen LogP contribution in [0, 0.1) is 13.8 Å². The zero-order valence-electron chi connectivity index (χ0n) is 16.7. The molecule has 0 aromatic heterocycles. The molecular formula is C22H21BrN2O4S. The summed E-state index contributed by atoms with van der Waals surface area (Å²) in [5.41, 5.74) is 3.40. The number of rotatable bonds is 6. The molecule has 1 amide bonds. The van der Waals surface area contributed by atoms with E-state index in [0.717, 1.165) is 15.6 Å². The van der Waals surface area contributed by atoms with Crippen molar-refractivity contribution in [3.8, 4) is 5.75 Å². The number of aryl methyl sites for hydroxylation is 2. The van der Waals surface area contributed by atoms with Gasteiger partial charge in [-0.2, -0.15) is 0 Å². The van der Waals surface area contributed by atoms with Crippen molar-refractivity contribution in [2.75, 3.05) is 17.1 Å². The van der Waals surface area contributed by atoms with Gasteiger partial charge in [0.15, 0.2) is 0 Å². The van der Waals surface area contributed by atoms with E-state index in [9.17, 15) is 13.2 Å². The van der Waals surface area contributed by atoms with E-state index < -0.39 is 10.0 Å². The molecule has 0 aliphatic heterocycles. The number of amides is 1. The number of benzene rings is 3. The molecule has 0 aliphatic carbocycles.